The fourth-order valence-electron chi connectivity index (χ4n) is 1.76. The first kappa shape index (κ1) is 14.7. The summed E-state index contributed by atoms with van der Waals surface area (Å²) in [7, 11) is -2.19. The number of rotatable bonds is 6. The smallest absolute Gasteiger partial charge is 0.243 e. The summed E-state index contributed by atoms with van der Waals surface area (Å²) < 4.78 is 40.7. The van der Waals surface area contributed by atoms with Gasteiger partial charge in [0, 0.05) is 23.7 Å². The summed E-state index contributed by atoms with van der Waals surface area (Å²) in [6.45, 7) is 0.577. The summed E-state index contributed by atoms with van der Waals surface area (Å²) in [6.07, 6.45) is 2.04. The topological polar surface area (TPSA) is 58.2 Å². The molecule has 2 N–H and O–H groups in total. The summed E-state index contributed by atoms with van der Waals surface area (Å²) >= 11 is 5.85. The van der Waals surface area contributed by atoms with Crippen LogP contribution in [-0.2, 0) is 16.6 Å². The van der Waals surface area contributed by atoms with Gasteiger partial charge in [-0.2, -0.15) is 0 Å². The minimum Gasteiger partial charge on any atom is -0.316 e. The lowest BCUT2D eigenvalue weighted by molar-refractivity contribution is 0.544. The van der Waals surface area contributed by atoms with Crippen LogP contribution < -0.4 is 10.0 Å². The van der Waals surface area contributed by atoms with Gasteiger partial charge >= 0.3 is 0 Å². The molecule has 1 aliphatic rings. The molecular formula is C12H16ClFN2O2S. The van der Waals surface area contributed by atoms with E-state index in [9.17, 15) is 12.8 Å². The van der Waals surface area contributed by atoms with E-state index in [0.29, 0.717) is 12.5 Å². The molecule has 1 aliphatic carbocycles. The van der Waals surface area contributed by atoms with Gasteiger partial charge in [-0.25, -0.2) is 17.5 Å². The summed E-state index contributed by atoms with van der Waals surface area (Å²) in [5.41, 5.74) is 0.238. The van der Waals surface area contributed by atoms with Crippen LogP contribution in [0.25, 0.3) is 0 Å². The largest absolute Gasteiger partial charge is 0.316 e. The maximum Gasteiger partial charge on any atom is 0.243 e. The summed E-state index contributed by atoms with van der Waals surface area (Å²) in [5, 5.41) is 2.98. The molecule has 0 aromatic heterocycles. The molecule has 19 heavy (non-hydrogen) atoms. The van der Waals surface area contributed by atoms with Gasteiger partial charge < -0.3 is 5.32 Å². The van der Waals surface area contributed by atoms with Gasteiger partial charge in [-0.05, 0) is 37.9 Å². The monoisotopic (exact) mass is 306 g/mol. The van der Waals surface area contributed by atoms with E-state index < -0.39 is 15.8 Å². The Labute approximate surface area is 117 Å². The maximum absolute atomic E-state index is 14.2. The maximum atomic E-state index is 14.2. The quantitative estimate of drug-likeness (QED) is 0.844. The third-order valence-corrected chi connectivity index (χ3v) is 4.64. The van der Waals surface area contributed by atoms with Gasteiger partial charge in [-0.1, -0.05) is 11.6 Å². The van der Waals surface area contributed by atoms with E-state index in [2.05, 4.69) is 10.0 Å². The highest BCUT2D eigenvalue weighted by Gasteiger charge is 2.27. The average Bonchev–Trinajstić information content (AvgIpc) is 3.15. The molecule has 0 aliphatic heterocycles. The standard InChI is InChI=1S/C12H16ClFN2O2S/c1-15-7-9-4-10(13)5-11(12(9)14)19(17,18)16-6-8-2-3-8/h4-5,8,15-16H,2-3,6-7H2,1H3. The van der Waals surface area contributed by atoms with Crippen LogP contribution in [-0.4, -0.2) is 22.0 Å². The van der Waals surface area contributed by atoms with Gasteiger partial charge in [0.25, 0.3) is 0 Å². The Bertz CT molecular complexity index is 573. The molecular weight excluding hydrogens is 291 g/mol. The molecule has 0 spiro atoms. The van der Waals surface area contributed by atoms with Crippen molar-refractivity contribution in [3.8, 4) is 0 Å². The number of nitrogens with one attached hydrogen (secondary N) is 2. The lowest BCUT2D eigenvalue weighted by atomic mass is 10.2. The molecule has 0 bridgehead atoms. The molecule has 0 unspecified atom stereocenters. The van der Waals surface area contributed by atoms with Crippen molar-refractivity contribution in [3.05, 3.63) is 28.5 Å². The normalized spacial score (nSPS) is 15.7. The Morgan fingerprint density at radius 1 is 1.42 bits per heavy atom. The van der Waals surface area contributed by atoms with Crippen molar-refractivity contribution in [3.63, 3.8) is 0 Å². The van der Waals surface area contributed by atoms with E-state index in [4.69, 9.17) is 11.6 Å². The zero-order chi connectivity index (χ0) is 14.0. The highest BCUT2D eigenvalue weighted by molar-refractivity contribution is 7.89. The average molecular weight is 307 g/mol. The van der Waals surface area contributed by atoms with Gasteiger partial charge in [0.2, 0.25) is 10.0 Å². The minimum atomic E-state index is -3.85. The van der Waals surface area contributed by atoms with Crippen LogP contribution in [0.5, 0.6) is 0 Å². The van der Waals surface area contributed by atoms with E-state index in [1.165, 1.54) is 6.07 Å². The summed E-state index contributed by atoms with van der Waals surface area (Å²) in [6, 6.07) is 2.57. The molecule has 0 atom stereocenters. The Kier molecular flexibility index (Phi) is 4.45. The van der Waals surface area contributed by atoms with E-state index in [0.717, 1.165) is 18.9 Å². The highest BCUT2D eigenvalue weighted by atomic mass is 35.5. The lowest BCUT2D eigenvalue weighted by Gasteiger charge is -2.11. The summed E-state index contributed by atoms with van der Waals surface area (Å²) in [4.78, 5) is -0.383. The van der Waals surface area contributed by atoms with Crippen molar-refractivity contribution in [1.82, 2.24) is 10.0 Å². The molecule has 1 aromatic carbocycles. The van der Waals surface area contributed by atoms with Crippen LogP contribution in [0, 0.1) is 11.7 Å². The second-order valence-corrected chi connectivity index (χ2v) is 6.87. The molecule has 0 radical (unpaired) electrons. The first-order chi connectivity index (χ1) is 8.94. The molecule has 0 heterocycles. The van der Waals surface area contributed by atoms with E-state index in [1.807, 2.05) is 0 Å². The molecule has 7 heteroatoms. The zero-order valence-corrected chi connectivity index (χ0v) is 12.1. The first-order valence-corrected chi connectivity index (χ1v) is 7.92. The molecule has 1 aromatic rings. The number of sulfonamides is 1. The van der Waals surface area contributed by atoms with Crippen molar-refractivity contribution >= 4 is 21.6 Å². The predicted octanol–water partition coefficient (Wildman–Crippen LogP) is 1.89. The van der Waals surface area contributed by atoms with Crippen LogP contribution in [0.15, 0.2) is 17.0 Å². The molecule has 106 valence electrons. The summed E-state index contributed by atoms with van der Waals surface area (Å²) in [5.74, 6) is -0.365. The van der Waals surface area contributed by atoms with Crippen molar-refractivity contribution in [2.24, 2.45) is 5.92 Å². The Morgan fingerprint density at radius 2 is 2.11 bits per heavy atom. The fourth-order valence-corrected chi connectivity index (χ4v) is 3.33. The number of hydrogen-bond acceptors (Lipinski definition) is 3. The van der Waals surface area contributed by atoms with E-state index in [-0.39, 0.29) is 22.0 Å². The van der Waals surface area contributed by atoms with Crippen molar-refractivity contribution < 1.29 is 12.8 Å². The highest BCUT2D eigenvalue weighted by Crippen LogP contribution is 2.29. The van der Waals surface area contributed by atoms with Crippen LogP contribution in [0.4, 0.5) is 4.39 Å². The second kappa shape index (κ2) is 5.75. The molecule has 0 amide bonds. The van der Waals surface area contributed by atoms with Crippen LogP contribution in [0.1, 0.15) is 18.4 Å². The number of benzene rings is 1. The van der Waals surface area contributed by atoms with E-state index >= 15 is 0 Å². The third-order valence-electron chi connectivity index (χ3n) is 3.00. The Balaban J connectivity index is 2.31. The molecule has 4 nitrogen and oxygen atoms in total. The zero-order valence-electron chi connectivity index (χ0n) is 10.5. The number of halogens is 2. The predicted molar refractivity (Wildman–Crippen MR) is 72.1 cm³/mol. The molecule has 2 rings (SSSR count). The van der Waals surface area contributed by atoms with Gasteiger partial charge in [0.1, 0.15) is 10.7 Å². The fraction of sp³-hybridized carbons (Fsp3) is 0.500. The second-order valence-electron chi connectivity index (χ2n) is 4.70. The number of hydrogen-bond donors (Lipinski definition) is 2. The first-order valence-electron chi connectivity index (χ1n) is 6.06. The van der Waals surface area contributed by atoms with Gasteiger partial charge in [-0.3, -0.25) is 0 Å². The van der Waals surface area contributed by atoms with E-state index in [1.54, 1.807) is 7.05 Å². The molecule has 0 saturated heterocycles. The molecule has 1 fully saturated rings. The SMILES string of the molecule is CNCc1cc(Cl)cc(S(=O)(=O)NCC2CC2)c1F. The minimum absolute atomic E-state index is 0.207. The van der Waals surface area contributed by atoms with Crippen LogP contribution >= 0.6 is 11.6 Å². The van der Waals surface area contributed by atoms with Crippen molar-refractivity contribution in [2.45, 2.75) is 24.3 Å². The third kappa shape index (κ3) is 3.66. The van der Waals surface area contributed by atoms with Crippen molar-refractivity contribution in [1.29, 1.82) is 0 Å². The lowest BCUT2D eigenvalue weighted by Crippen LogP contribution is -2.27. The van der Waals surface area contributed by atoms with Crippen LogP contribution in [0.3, 0.4) is 0 Å². The Hall–Kier alpha value is -0.690. The Morgan fingerprint density at radius 3 is 2.68 bits per heavy atom. The van der Waals surface area contributed by atoms with Crippen LogP contribution in [0.2, 0.25) is 5.02 Å². The van der Waals surface area contributed by atoms with Crippen molar-refractivity contribution in [2.75, 3.05) is 13.6 Å². The van der Waals surface area contributed by atoms with Gasteiger partial charge in [0.15, 0.2) is 0 Å². The van der Waals surface area contributed by atoms with Gasteiger partial charge in [-0.15, -0.1) is 0 Å². The van der Waals surface area contributed by atoms with Gasteiger partial charge in [0.05, 0.1) is 0 Å². The molecule has 1 saturated carbocycles.